The third kappa shape index (κ3) is 9.83. The van der Waals surface area contributed by atoms with Gasteiger partial charge in [0.1, 0.15) is 35.3 Å². The Balaban J connectivity index is 1.70. The fourth-order valence-corrected chi connectivity index (χ4v) is 5.58. The van der Waals surface area contributed by atoms with Crippen LogP contribution in [-0.2, 0) is 47.8 Å². The monoisotopic (exact) mass is 702 g/mol. The van der Waals surface area contributed by atoms with Crippen molar-refractivity contribution in [2.75, 3.05) is 14.2 Å². The fraction of sp³-hybridized carbons (Fsp3) is 0.462. The van der Waals surface area contributed by atoms with Gasteiger partial charge >= 0.3 is 19.2 Å². The number of benzene rings is 3. The van der Waals surface area contributed by atoms with E-state index in [0.29, 0.717) is 22.3 Å². The third-order valence-corrected chi connectivity index (χ3v) is 9.24. The van der Waals surface area contributed by atoms with Crippen LogP contribution in [0.3, 0.4) is 0 Å². The summed E-state index contributed by atoms with van der Waals surface area (Å²) in [6, 6.07) is 19.9. The molecule has 0 bridgehead atoms. The van der Waals surface area contributed by atoms with Crippen molar-refractivity contribution in [3.63, 3.8) is 0 Å². The molecule has 51 heavy (non-hydrogen) atoms. The maximum atomic E-state index is 14.4. The summed E-state index contributed by atoms with van der Waals surface area (Å²) in [6.45, 7) is 14.6. The molecule has 0 spiro atoms. The van der Waals surface area contributed by atoms with E-state index in [-0.39, 0.29) is 25.2 Å². The number of phenols is 1. The van der Waals surface area contributed by atoms with Crippen LogP contribution in [0.2, 0.25) is 0 Å². The largest absolute Gasteiger partial charge is 0.508 e. The van der Waals surface area contributed by atoms with E-state index in [1.165, 1.54) is 24.1 Å². The molecule has 0 saturated carbocycles. The lowest BCUT2D eigenvalue weighted by atomic mass is 9.76. The van der Waals surface area contributed by atoms with Crippen molar-refractivity contribution >= 4 is 30.6 Å². The van der Waals surface area contributed by atoms with Gasteiger partial charge in [-0.25, -0.2) is 9.59 Å². The standard InChI is InChI=1S/C39H51BN2O9/c1-36(2,3)49-35(46)42(9)31(23-26-16-19-29(43)20-17-26)33(44)41-39(8,34(45)48-25-27-14-12-11-13-15-27)24-28-18-21-32(47-10)30(22-28)40-50-37(4,5)38(6,7)51-40/h11-22,31,43H,23-25H2,1-10H3,(H,41,44)/t31?,39-/m1/s1. The van der Waals surface area contributed by atoms with Crippen molar-refractivity contribution in [2.24, 2.45) is 0 Å². The fourth-order valence-electron chi connectivity index (χ4n) is 5.58. The third-order valence-electron chi connectivity index (χ3n) is 9.24. The Morgan fingerprint density at radius 2 is 1.47 bits per heavy atom. The van der Waals surface area contributed by atoms with Crippen molar-refractivity contribution in [1.82, 2.24) is 10.2 Å². The van der Waals surface area contributed by atoms with Crippen molar-refractivity contribution < 1.29 is 43.0 Å². The van der Waals surface area contributed by atoms with Gasteiger partial charge in [0.05, 0.1) is 18.3 Å². The molecule has 2 N–H and O–H groups in total. The first-order chi connectivity index (χ1) is 23.7. The molecule has 3 aromatic rings. The van der Waals surface area contributed by atoms with Crippen LogP contribution in [0.25, 0.3) is 0 Å². The number of nitrogens with one attached hydrogen (secondary N) is 1. The summed E-state index contributed by atoms with van der Waals surface area (Å²) in [5, 5.41) is 12.8. The van der Waals surface area contributed by atoms with Gasteiger partial charge in [0, 0.05) is 25.4 Å². The number of rotatable bonds is 12. The first kappa shape index (κ1) is 39.2. The molecule has 12 heteroatoms. The number of hydrogen-bond donors (Lipinski definition) is 2. The van der Waals surface area contributed by atoms with Crippen LogP contribution in [-0.4, -0.2) is 77.6 Å². The zero-order valence-electron chi connectivity index (χ0n) is 31.4. The number of esters is 1. The summed E-state index contributed by atoms with van der Waals surface area (Å²) < 4.78 is 29.7. The molecular formula is C39H51BN2O9. The molecule has 1 saturated heterocycles. The predicted octanol–water partition coefficient (Wildman–Crippen LogP) is 5.34. The van der Waals surface area contributed by atoms with Gasteiger partial charge in [0.2, 0.25) is 5.91 Å². The number of methoxy groups -OCH3 is 1. The van der Waals surface area contributed by atoms with Crippen LogP contribution in [0.5, 0.6) is 11.5 Å². The van der Waals surface area contributed by atoms with Crippen molar-refractivity contribution in [1.29, 1.82) is 0 Å². The van der Waals surface area contributed by atoms with E-state index in [9.17, 15) is 19.5 Å². The first-order valence-corrected chi connectivity index (χ1v) is 17.0. The Morgan fingerprint density at radius 3 is 2.04 bits per heavy atom. The average Bonchev–Trinajstić information content (AvgIpc) is 3.28. The number of likely N-dealkylation sites (N-methyl/N-ethyl adjacent to an activating group) is 1. The molecule has 1 heterocycles. The van der Waals surface area contributed by atoms with E-state index >= 15 is 0 Å². The average molecular weight is 703 g/mol. The quantitative estimate of drug-likeness (QED) is 0.190. The number of nitrogens with zero attached hydrogens (tertiary/aromatic N) is 1. The molecule has 0 aliphatic carbocycles. The number of amides is 2. The number of hydrogen-bond acceptors (Lipinski definition) is 9. The Morgan fingerprint density at radius 1 is 0.882 bits per heavy atom. The highest BCUT2D eigenvalue weighted by Gasteiger charge is 2.52. The Kier molecular flexibility index (Phi) is 11.8. The number of ether oxygens (including phenoxy) is 3. The maximum Gasteiger partial charge on any atom is 0.498 e. The molecule has 274 valence electrons. The number of carbonyl (C=O) groups is 3. The Labute approximate surface area is 301 Å². The van der Waals surface area contributed by atoms with Crippen molar-refractivity contribution in [3.05, 3.63) is 89.5 Å². The summed E-state index contributed by atoms with van der Waals surface area (Å²) in [5.74, 6) is -0.665. The minimum Gasteiger partial charge on any atom is -0.508 e. The summed E-state index contributed by atoms with van der Waals surface area (Å²) in [7, 11) is 2.29. The van der Waals surface area contributed by atoms with Gasteiger partial charge in [0.15, 0.2) is 0 Å². The summed E-state index contributed by atoms with van der Waals surface area (Å²) in [6.07, 6.45) is -0.617. The van der Waals surface area contributed by atoms with Gasteiger partial charge in [-0.15, -0.1) is 0 Å². The number of carbonyl (C=O) groups excluding carboxylic acids is 3. The molecule has 0 aromatic heterocycles. The number of phenolic OH excluding ortho intramolecular Hbond substituents is 1. The molecular weight excluding hydrogens is 651 g/mol. The van der Waals surface area contributed by atoms with Gasteiger partial charge in [0.25, 0.3) is 0 Å². The lowest BCUT2D eigenvalue weighted by molar-refractivity contribution is -0.154. The van der Waals surface area contributed by atoms with Crippen LogP contribution in [0.4, 0.5) is 4.79 Å². The summed E-state index contributed by atoms with van der Waals surface area (Å²) in [4.78, 5) is 42.9. The van der Waals surface area contributed by atoms with Gasteiger partial charge in [-0.05, 0) is 90.3 Å². The van der Waals surface area contributed by atoms with Gasteiger partial charge in [-0.3, -0.25) is 9.69 Å². The predicted molar refractivity (Wildman–Crippen MR) is 195 cm³/mol. The highest BCUT2D eigenvalue weighted by Crippen LogP contribution is 2.37. The van der Waals surface area contributed by atoms with Gasteiger partial charge in [-0.1, -0.05) is 54.6 Å². The van der Waals surface area contributed by atoms with E-state index < -0.39 is 53.5 Å². The van der Waals surface area contributed by atoms with Crippen molar-refractivity contribution in [2.45, 2.75) is 103 Å². The van der Waals surface area contributed by atoms with Gasteiger partial charge < -0.3 is 33.9 Å². The molecule has 4 rings (SSSR count). The minimum atomic E-state index is -1.60. The first-order valence-electron chi connectivity index (χ1n) is 17.0. The molecule has 11 nitrogen and oxygen atoms in total. The topological polar surface area (TPSA) is 133 Å². The lowest BCUT2D eigenvalue weighted by Gasteiger charge is -2.34. The lowest BCUT2D eigenvalue weighted by Crippen LogP contribution is -2.60. The Bertz CT molecular complexity index is 1670. The van der Waals surface area contributed by atoms with Crippen LogP contribution < -0.4 is 15.5 Å². The maximum absolute atomic E-state index is 14.4. The van der Waals surface area contributed by atoms with Crippen LogP contribution in [0.1, 0.15) is 72.1 Å². The summed E-state index contributed by atoms with van der Waals surface area (Å²) in [5.41, 5.74) is -0.852. The molecule has 2 atom stereocenters. The Hall–Kier alpha value is -4.55. The van der Waals surface area contributed by atoms with Crippen molar-refractivity contribution in [3.8, 4) is 11.5 Å². The second-order valence-corrected chi connectivity index (χ2v) is 15.2. The molecule has 1 aliphatic rings. The van der Waals surface area contributed by atoms with Crippen LogP contribution >= 0.6 is 0 Å². The molecule has 2 amide bonds. The smallest absolute Gasteiger partial charge is 0.498 e. The molecule has 1 fully saturated rings. The molecule has 1 aliphatic heterocycles. The van der Waals surface area contributed by atoms with Crippen LogP contribution in [0.15, 0.2) is 72.8 Å². The number of aromatic hydroxyl groups is 1. The van der Waals surface area contributed by atoms with E-state index in [2.05, 4.69) is 5.32 Å². The van der Waals surface area contributed by atoms with E-state index in [1.54, 1.807) is 53.0 Å². The van der Waals surface area contributed by atoms with Crippen LogP contribution in [0, 0.1) is 0 Å². The van der Waals surface area contributed by atoms with Gasteiger partial charge in [-0.2, -0.15) is 0 Å². The van der Waals surface area contributed by atoms with E-state index in [1.807, 2.05) is 70.2 Å². The summed E-state index contributed by atoms with van der Waals surface area (Å²) >= 11 is 0. The SMILES string of the molecule is COc1ccc(C[C@@](C)(NC(=O)C(Cc2ccc(O)cc2)N(C)C(=O)OC(C)(C)C)C(=O)OCc2ccccc2)cc1B1OC(C)(C)C(C)(C)O1. The second-order valence-electron chi connectivity index (χ2n) is 15.2. The molecule has 1 unspecified atom stereocenters. The minimum absolute atomic E-state index is 0.0122. The normalized spacial score (nSPS) is 16.8. The highest BCUT2D eigenvalue weighted by molar-refractivity contribution is 6.63. The molecule has 0 radical (unpaired) electrons. The van der Waals surface area contributed by atoms with E-state index in [4.69, 9.17) is 23.5 Å². The zero-order valence-corrected chi connectivity index (χ0v) is 31.4. The zero-order chi connectivity index (χ0) is 37.8. The van der Waals surface area contributed by atoms with E-state index in [0.717, 1.165) is 5.56 Å². The molecule has 3 aromatic carbocycles. The highest BCUT2D eigenvalue weighted by atomic mass is 16.7. The second kappa shape index (κ2) is 15.4.